The van der Waals surface area contributed by atoms with E-state index in [1.807, 2.05) is 0 Å². The number of hydrogen-bond donors (Lipinski definition) is 0. The summed E-state index contributed by atoms with van der Waals surface area (Å²) in [6, 6.07) is 0. The Hall–Kier alpha value is 3.90. The molecule has 0 radical (unpaired) electrons. The second-order valence-corrected chi connectivity index (χ2v) is 17.9. The SMILES string of the molecule is CP1(=O)OC2C(OP(C)(=O)O1)C1OP(=O)([O-])OP(=O)([O-])OC1C1OP(=O)([O-])OP(C)(=O)OC21.[Na+].[Na+].[Na+]. The van der Waals surface area contributed by atoms with Gasteiger partial charge in [-0.2, -0.15) is 0 Å². The van der Waals surface area contributed by atoms with Gasteiger partial charge in [0.1, 0.15) is 36.6 Å². The third kappa shape index (κ3) is 8.96. The number of fused-ring (bicyclic) bond motifs is 6. The summed E-state index contributed by atoms with van der Waals surface area (Å²) >= 11 is 0. The number of hydrogen-bond acceptors (Lipinski definition) is 18. The van der Waals surface area contributed by atoms with Gasteiger partial charge in [-0.3, -0.25) is 41.0 Å². The molecule has 0 amide bonds. The average Bonchev–Trinajstić information content (AvgIpc) is 2.74. The van der Waals surface area contributed by atoms with Crippen LogP contribution in [-0.2, 0) is 67.5 Å². The third-order valence-electron chi connectivity index (χ3n) is 4.38. The van der Waals surface area contributed by atoms with Gasteiger partial charge in [0.25, 0.3) is 23.5 Å². The minimum atomic E-state index is -5.75. The molecule has 4 rings (SSSR count). The monoisotopic (exact) mass is 666 g/mol. The molecular formula is C9H15Na3O18P6. The molecule has 3 heterocycles. The summed E-state index contributed by atoms with van der Waals surface area (Å²) in [5.74, 6) is 0. The minimum Gasteiger partial charge on any atom is -0.756 e. The summed E-state index contributed by atoms with van der Waals surface area (Å²) in [4.78, 5) is 36.3. The predicted octanol–water partition coefficient (Wildman–Crippen LogP) is -8.71. The summed E-state index contributed by atoms with van der Waals surface area (Å²) < 4.78 is 117. The number of phosphoric ester groups is 3. The van der Waals surface area contributed by atoms with Gasteiger partial charge in [-0.1, -0.05) is 0 Å². The van der Waals surface area contributed by atoms with Crippen molar-refractivity contribution in [2.75, 3.05) is 20.0 Å². The van der Waals surface area contributed by atoms with Crippen molar-refractivity contribution in [3.05, 3.63) is 0 Å². The smallest absolute Gasteiger partial charge is 0.756 e. The molecular weight excluding hydrogens is 651 g/mol. The second kappa shape index (κ2) is 12.5. The molecule has 0 aromatic rings. The Morgan fingerprint density at radius 1 is 0.417 bits per heavy atom. The molecule has 1 aliphatic carbocycles. The first kappa shape index (κ1) is 37.9. The summed E-state index contributed by atoms with van der Waals surface area (Å²) in [7, 11) is -30.1. The normalized spacial score (nSPS) is 56.8. The van der Waals surface area contributed by atoms with Crippen LogP contribution < -0.4 is 103 Å². The van der Waals surface area contributed by atoms with Crippen molar-refractivity contribution in [2.45, 2.75) is 36.6 Å². The molecule has 18 nitrogen and oxygen atoms in total. The molecule has 12 atom stereocenters. The van der Waals surface area contributed by atoms with Crippen molar-refractivity contribution in [1.29, 1.82) is 0 Å². The Kier molecular flexibility index (Phi) is 13.2. The zero-order chi connectivity index (χ0) is 24.8. The Balaban J connectivity index is 0.00000216. The van der Waals surface area contributed by atoms with Gasteiger partial charge in [-0.25, -0.2) is 12.9 Å². The minimum absolute atomic E-state index is 0. The zero-order valence-corrected chi connectivity index (χ0v) is 30.9. The van der Waals surface area contributed by atoms with E-state index >= 15 is 0 Å². The first-order chi connectivity index (χ1) is 14.7. The van der Waals surface area contributed by atoms with Gasteiger partial charge in [-0.15, -0.1) is 0 Å². The Labute approximate surface area is 270 Å². The van der Waals surface area contributed by atoms with Crippen LogP contribution in [-0.4, -0.2) is 56.6 Å². The molecule has 0 spiro atoms. The molecule has 0 aromatic carbocycles. The Morgan fingerprint density at radius 3 is 0.944 bits per heavy atom. The fraction of sp³-hybridized carbons (Fsp3) is 1.00. The molecule has 3 aliphatic heterocycles. The maximum Gasteiger partial charge on any atom is 1.00 e. The summed E-state index contributed by atoms with van der Waals surface area (Å²) in [6.45, 7) is 2.40. The van der Waals surface area contributed by atoms with Crippen LogP contribution in [0.5, 0.6) is 0 Å². The molecule has 27 heteroatoms. The molecule has 0 N–H and O–H groups in total. The average molecular weight is 666 g/mol. The van der Waals surface area contributed by atoms with E-state index in [1.54, 1.807) is 0 Å². The van der Waals surface area contributed by atoms with Crippen LogP contribution in [0, 0.1) is 0 Å². The Morgan fingerprint density at radius 2 is 0.639 bits per heavy atom. The molecule has 36 heavy (non-hydrogen) atoms. The van der Waals surface area contributed by atoms with Gasteiger partial charge in [0, 0.05) is 20.0 Å². The first-order valence-electron chi connectivity index (χ1n) is 8.59. The van der Waals surface area contributed by atoms with Gasteiger partial charge in [0.15, 0.2) is 0 Å². The van der Waals surface area contributed by atoms with E-state index in [0.29, 0.717) is 6.66 Å². The summed E-state index contributed by atoms with van der Waals surface area (Å²) in [6.07, 6.45) is -12.5. The Bertz CT molecular complexity index is 913. The van der Waals surface area contributed by atoms with Crippen molar-refractivity contribution >= 4 is 46.3 Å². The third-order valence-corrected chi connectivity index (χ3v) is 13.7. The van der Waals surface area contributed by atoms with Gasteiger partial charge < -0.3 is 28.3 Å². The van der Waals surface area contributed by atoms with Crippen molar-refractivity contribution < 1.29 is 171 Å². The number of rotatable bonds is 0. The van der Waals surface area contributed by atoms with E-state index in [0.717, 1.165) is 13.3 Å². The van der Waals surface area contributed by atoms with E-state index in [4.69, 9.17) is 26.9 Å². The zero-order valence-electron chi connectivity index (χ0n) is 19.5. The van der Waals surface area contributed by atoms with Crippen LogP contribution >= 0.6 is 46.3 Å². The predicted molar refractivity (Wildman–Crippen MR) is 95.9 cm³/mol. The van der Waals surface area contributed by atoms with Crippen LogP contribution in [0.1, 0.15) is 0 Å². The van der Waals surface area contributed by atoms with E-state index in [-0.39, 0.29) is 88.7 Å². The van der Waals surface area contributed by atoms with Crippen molar-refractivity contribution in [1.82, 2.24) is 0 Å². The molecule has 0 bridgehead atoms. The fourth-order valence-electron chi connectivity index (χ4n) is 3.64. The van der Waals surface area contributed by atoms with Gasteiger partial charge in [-0.05, 0) is 0 Å². The molecule has 4 fully saturated rings. The van der Waals surface area contributed by atoms with Gasteiger partial charge >= 0.3 is 111 Å². The summed E-state index contributed by atoms with van der Waals surface area (Å²) in [5, 5.41) is 0. The van der Waals surface area contributed by atoms with Crippen LogP contribution in [0.15, 0.2) is 0 Å². The van der Waals surface area contributed by atoms with Crippen LogP contribution in [0.3, 0.4) is 0 Å². The van der Waals surface area contributed by atoms with Crippen molar-refractivity contribution in [2.24, 2.45) is 0 Å². The quantitative estimate of drug-likeness (QED) is 0.172. The van der Waals surface area contributed by atoms with Crippen LogP contribution in [0.2, 0.25) is 0 Å². The molecule has 4 aliphatic rings. The molecule has 192 valence electrons. The van der Waals surface area contributed by atoms with E-state index in [2.05, 4.69) is 13.1 Å². The van der Waals surface area contributed by atoms with Gasteiger partial charge in [0.2, 0.25) is 0 Å². The van der Waals surface area contributed by atoms with Crippen molar-refractivity contribution in [3.63, 3.8) is 0 Å². The summed E-state index contributed by atoms with van der Waals surface area (Å²) in [5.41, 5.74) is 0. The topological polar surface area (TPSA) is 255 Å². The fourth-order valence-corrected chi connectivity index (χ4v) is 12.8. The second-order valence-electron chi connectivity index (χ2n) is 7.32. The van der Waals surface area contributed by atoms with E-state index < -0.39 is 82.9 Å². The maximum absolute atomic E-state index is 12.7. The molecule has 12 unspecified atom stereocenters. The van der Waals surface area contributed by atoms with E-state index in [9.17, 15) is 42.1 Å². The molecule has 3 saturated heterocycles. The molecule has 0 aromatic heterocycles. The largest absolute Gasteiger partial charge is 1.00 e. The standard InChI is InChI=1S/C9H18O18P6.3Na/c1-28(10)19-4-5(20-29(2,11)25-28)8-9(24-33(17,18)27-32(15,16)23-8)7-6(4)21-30(3,12)26-31(13,14)22-7;;;/h4-9H,1-3H3,(H,13,14)(H,15,16)(H,17,18);;;/q;3*+1/p-3. The maximum atomic E-state index is 12.7. The van der Waals surface area contributed by atoms with Crippen molar-refractivity contribution in [3.8, 4) is 0 Å². The van der Waals surface area contributed by atoms with Crippen LogP contribution in [0.25, 0.3) is 0 Å². The van der Waals surface area contributed by atoms with Crippen LogP contribution in [0.4, 0.5) is 0 Å². The molecule has 1 saturated carbocycles. The number of phosphoric acid groups is 3. The van der Waals surface area contributed by atoms with Gasteiger partial charge in [0.05, 0.1) is 0 Å². The van der Waals surface area contributed by atoms with E-state index in [1.165, 1.54) is 0 Å². The first-order valence-corrected chi connectivity index (χ1v) is 18.9.